The topological polar surface area (TPSA) is 54.4 Å². The Morgan fingerprint density at radius 3 is 1.39 bits per heavy atom. The Morgan fingerprint density at radius 1 is 0.486 bits per heavy atom. The Bertz CT molecular complexity index is 3180. The molecule has 0 aliphatic carbocycles. The molecule has 8 aromatic carbocycles. The highest BCUT2D eigenvalue weighted by Gasteiger charge is 2.31. The third-order valence-corrected chi connectivity index (χ3v) is 17.1. The van der Waals surface area contributed by atoms with Crippen LogP contribution in [-0.4, -0.2) is 74.5 Å². The molecule has 2 atom stereocenters. The monoisotopic (exact) mass is 1020 g/mol. The molecule has 2 unspecified atom stereocenters. The molecule has 2 saturated heterocycles. The van der Waals surface area contributed by atoms with Gasteiger partial charge in [0.1, 0.15) is 47.8 Å². The van der Waals surface area contributed by atoms with Crippen molar-refractivity contribution in [1.82, 2.24) is 9.80 Å². The van der Waals surface area contributed by atoms with Crippen LogP contribution in [0.25, 0.3) is 43.8 Å². The summed E-state index contributed by atoms with van der Waals surface area (Å²) in [6, 6.07) is 47.2. The zero-order valence-corrected chi connectivity index (χ0v) is 42.9. The number of nitrogens with zero attached hydrogens (tertiary/aromatic N) is 2. The number of hydrogen-bond donors (Lipinski definition) is 1. The van der Waals surface area contributed by atoms with Gasteiger partial charge >= 0.3 is 0 Å². The van der Waals surface area contributed by atoms with Crippen molar-refractivity contribution in [3.8, 4) is 45.3 Å². The molecule has 370 valence electrons. The van der Waals surface area contributed by atoms with Gasteiger partial charge in [-0.15, -0.1) is 35.9 Å². The molecule has 4 heterocycles. The highest BCUT2D eigenvalue weighted by atomic mass is 35.5. The van der Waals surface area contributed by atoms with E-state index in [0.29, 0.717) is 13.2 Å². The fraction of sp³-hybridized carbons (Fsp3) is 0.279. The largest absolute Gasteiger partial charge is 0.508 e. The summed E-state index contributed by atoms with van der Waals surface area (Å²) in [6.07, 6.45) is 7.86. The third-order valence-electron chi connectivity index (χ3n) is 14.4. The molecule has 4 aliphatic rings. The lowest BCUT2D eigenvalue weighted by atomic mass is 9.89. The lowest BCUT2D eigenvalue weighted by molar-refractivity contribution is 0.183. The smallest absolute Gasteiger partial charge is 0.124 e. The van der Waals surface area contributed by atoms with Gasteiger partial charge in [-0.05, 0) is 191 Å². The first kappa shape index (κ1) is 49.8. The van der Waals surface area contributed by atoms with Crippen LogP contribution in [0.2, 0.25) is 0 Å². The fourth-order valence-corrected chi connectivity index (χ4v) is 13.5. The van der Waals surface area contributed by atoms with Crippen molar-refractivity contribution >= 4 is 57.5 Å². The minimum atomic E-state index is -0.221. The summed E-state index contributed by atoms with van der Waals surface area (Å²) in [5, 5.41) is 14.5. The van der Waals surface area contributed by atoms with Gasteiger partial charge in [0.2, 0.25) is 0 Å². The minimum absolute atomic E-state index is 0. The molecule has 12 rings (SSSR count). The van der Waals surface area contributed by atoms with Crippen LogP contribution in [0, 0.1) is 11.6 Å². The second-order valence-electron chi connectivity index (χ2n) is 19.0. The predicted molar refractivity (Wildman–Crippen MR) is 294 cm³/mol. The van der Waals surface area contributed by atoms with Crippen LogP contribution in [0.1, 0.15) is 71.3 Å². The maximum absolute atomic E-state index is 14.2. The maximum Gasteiger partial charge on any atom is 0.124 e. The summed E-state index contributed by atoms with van der Waals surface area (Å²) >= 11 is 3.39. The minimum Gasteiger partial charge on any atom is -0.508 e. The molecule has 2 fully saturated rings. The van der Waals surface area contributed by atoms with Crippen LogP contribution in [-0.2, 0) is 0 Å². The number of phenols is 1. The molecule has 0 spiro atoms. The van der Waals surface area contributed by atoms with E-state index >= 15 is 0 Å². The molecule has 4 aliphatic heterocycles. The molecule has 72 heavy (non-hydrogen) atoms. The predicted octanol–water partition coefficient (Wildman–Crippen LogP) is 15.5. The van der Waals surface area contributed by atoms with Gasteiger partial charge in [-0.25, -0.2) is 8.78 Å². The number of phenolic OH excluding ortho intramolecular Hbond substituents is 1. The molecular weight excluding hydrogens is 962 g/mol. The number of piperidine rings is 2. The average molecular weight is 1020 g/mol. The highest BCUT2D eigenvalue weighted by molar-refractivity contribution is 8.00. The summed E-state index contributed by atoms with van der Waals surface area (Å²) in [7, 11) is 1.69. The van der Waals surface area contributed by atoms with E-state index in [1.54, 1.807) is 61.0 Å². The van der Waals surface area contributed by atoms with Crippen molar-refractivity contribution in [2.75, 3.05) is 59.6 Å². The maximum atomic E-state index is 14.2. The zero-order chi connectivity index (χ0) is 48.3. The van der Waals surface area contributed by atoms with E-state index in [1.165, 1.54) is 92.8 Å². The molecule has 1 N–H and O–H groups in total. The number of ether oxygens (including phenoxy) is 3. The van der Waals surface area contributed by atoms with E-state index in [1.807, 2.05) is 42.5 Å². The van der Waals surface area contributed by atoms with Crippen molar-refractivity contribution in [2.45, 2.75) is 58.8 Å². The number of thioether (sulfide) groups is 2. The first-order valence-electron chi connectivity index (χ1n) is 25.0. The molecule has 0 amide bonds. The van der Waals surface area contributed by atoms with E-state index in [4.69, 9.17) is 14.2 Å². The Hall–Kier alpha value is -5.75. The van der Waals surface area contributed by atoms with E-state index in [-0.39, 0.29) is 40.3 Å². The van der Waals surface area contributed by atoms with Crippen molar-refractivity contribution in [3.63, 3.8) is 0 Å². The Kier molecular flexibility index (Phi) is 15.6. The van der Waals surface area contributed by atoms with Gasteiger partial charge in [0, 0.05) is 22.9 Å². The van der Waals surface area contributed by atoms with Crippen LogP contribution in [0.4, 0.5) is 8.78 Å². The van der Waals surface area contributed by atoms with Crippen LogP contribution in [0.15, 0.2) is 155 Å². The van der Waals surface area contributed by atoms with Gasteiger partial charge in [-0.3, -0.25) is 9.80 Å². The summed E-state index contributed by atoms with van der Waals surface area (Å²) in [4.78, 5) is 6.89. The van der Waals surface area contributed by atoms with Crippen molar-refractivity contribution in [1.29, 1.82) is 0 Å². The second kappa shape index (κ2) is 22.6. The first-order valence-corrected chi connectivity index (χ1v) is 26.8. The van der Waals surface area contributed by atoms with Crippen molar-refractivity contribution < 1.29 is 28.1 Å². The first-order chi connectivity index (χ1) is 34.8. The molecule has 0 radical (unpaired) electrons. The van der Waals surface area contributed by atoms with Gasteiger partial charge in [0.05, 0.1) is 17.6 Å². The van der Waals surface area contributed by atoms with E-state index in [9.17, 15) is 13.9 Å². The molecular formula is C61H59ClF2N2O4S2. The third kappa shape index (κ3) is 10.8. The summed E-state index contributed by atoms with van der Waals surface area (Å²) in [5.74, 6) is 2.45. The molecule has 11 heteroatoms. The van der Waals surface area contributed by atoms with Gasteiger partial charge in [-0.1, -0.05) is 85.6 Å². The number of aromatic hydroxyl groups is 1. The normalized spacial score (nSPS) is 17.3. The zero-order valence-electron chi connectivity index (χ0n) is 40.5. The summed E-state index contributed by atoms with van der Waals surface area (Å²) < 4.78 is 45.9. The molecule has 6 nitrogen and oxygen atoms in total. The van der Waals surface area contributed by atoms with Crippen LogP contribution in [0.3, 0.4) is 0 Å². The lowest BCUT2D eigenvalue weighted by Crippen LogP contribution is -2.33. The number of hydrogen-bond acceptors (Lipinski definition) is 8. The Balaban J connectivity index is 0.000000163. The number of halogens is 3. The van der Waals surface area contributed by atoms with Gasteiger partial charge in [-0.2, -0.15) is 0 Å². The Morgan fingerprint density at radius 2 is 0.917 bits per heavy atom. The van der Waals surface area contributed by atoms with Crippen molar-refractivity contribution in [3.05, 3.63) is 179 Å². The van der Waals surface area contributed by atoms with E-state index < -0.39 is 0 Å². The molecule has 0 saturated carbocycles. The van der Waals surface area contributed by atoms with Crippen LogP contribution >= 0.6 is 35.9 Å². The number of benzene rings is 8. The Labute approximate surface area is 436 Å². The SMILES string of the molecule is COc1ccc2c3c(ccc2c1)-c1ccc(F)cc1SC3c1ccc(OCCN2CCCCC2)cc1.Cl.Oc1ccc2c3c(ccc2c1)-c1ccc(F)cc1SC3c1ccc(OCCN2CCCCC2)cc1. The number of rotatable bonds is 11. The number of methoxy groups -OCH3 is 1. The average Bonchev–Trinajstić information content (AvgIpc) is 3.41. The van der Waals surface area contributed by atoms with Gasteiger partial charge < -0.3 is 19.3 Å². The lowest BCUT2D eigenvalue weighted by Gasteiger charge is -2.29. The van der Waals surface area contributed by atoms with Crippen molar-refractivity contribution in [2.24, 2.45) is 0 Å². The van der Waals surface area contributed by atoms with E-state index in [0.717, 1.165) is 84.1 Å². The molecule has 0 bridgehead atoms. The van der Waals surface area contributed by atoms with E-state index in [2.05, 4.69) is 76.5 Å². The van der Waals surface area contributed by atoms with Crippen LogP contribution < -0.4 is 14.2 Å². The van der Waals surface area contributed by atoms with Gasteiger partial charge in [0.25, 0.3) is 0 Å². The number of fused-ring (bicyclic) bond motifs is 10. The van der Waals surface area contributed by atoms with Crippen LogP contribution in [0.5, 0.6) is 23.0 Å². The molecule has 8 aromatic rings. The fourth-order valence-electron chi connectivity index (χ4n) is 10.7. The standard InChI is InChI=1S/C31H30FNO2S.C30H28FNO2S.ClH/c1-34-25-11-14-26-22(19-25)7-12-28-27-13-8-23(32)20-29(27)36-31(30(26)28)21-5-9-24(10-6-21)35-18-17-33-15-3-2-4-16-33;31-22-7-12-26-27-11-6-21-18-23(33)8-13-25(21)29(27)30(35-28(26)19-22)20-4-9-24(10-5-20)34-17-16-32-14-2-1-3-15-32;/h5-14,19-20,31H,2-4,15-18H2,1H3;4-13,18-19,30,33H,1-3,14-17H2;1H. The summed E-state index contributed by atoms with van der Waals surface area (Å²) in [6.45, 7) is 8.06. The van der Waals surface area contributed by atoms with Gasteiger partial charge in [0.15, 0.2) is 0 Å². The highest BCUT2D eigenvalue weighted by Crippen LogP contribution is 2.56. The quantitative estimate of drug-likeness (QED) is 0.138. The molecule has 0 aromatic heterocycles. The number of likely N-dealkylation sites (tertiary alicyclic amines) is 2. The summed E-state index contributed by atoms with van der Waals surface area (Å²) in [5.41, 5.74) is 9.21. The second-order valence-corrected chi connectivity index (χ2v) is 21.3.